The molecule has 2 aromatic rings. The van der Waals surface area contributed by atoms with Crippen LogP contribution in [0.25, 0.3) is 5.57 Å². The Hall–Kier alpha value is -2.39. The van der Waals surface area contributed by atoms with E-state index < -0.39 is 6.10 Å². The van der Waals surface area contributed by atoms with Crippen molar-refractivity contribution in [1.29, 1.82) is 0 Å². The predicted octanol–water partition coefficient (Wildman–Crippen LogP) is 2.64. The maximum absolute atomic E-state index is 12.1. The van der Waals surface area contributed by atoms with Crippen molar-refractivity contribution in [2.45, 2.75) is 12.0 Å². The molecule has 0 fully saturated rings. The van der Waals surface area contributed by atoms with Crippen molar-refractivity contribution in [1.82, 2.24) is 4.90 Å². The molecule has 1 aliphatic rings. The topological polar surface area (TPSA) is 40.5 Å². The minimum absolute atomic E-state index is 0.275. The SMILES string of the molecule is CN1C=C(c2ccccc2)C(c2ccccc2)C(O)C1=O. The molecule has 106 valence electrons. The summed E-state index contributed by atoms with van der Waals surface area (Å²) < 4.78 is 0. The Kier molecular flexibility index (Phi) is 3.59. The van der Waals surface area contributed by atoms with Gasteiger partial charge in [0.05, 0.1) is 0 Å². The van der Waals surface area contributed by atoms with Crippen LogP contribution in [0.15, 0.2) is 66.9 Å². The molecule has 0 saturated carbocycles. The molecule has 0 bridgehead atoms. The number of amides is 1. The third-order valence-corrected chi connectivity index (χ3v) is 3.85. The van der Waals surface area contributed by atoms with Crippen molar-refractivity contribution in [2.24, 2.45) is 0 Å². The van der Waals surface area contributed by atoms with Gasteiger partial charge in [-0.2, -0.15) is 0 Å². The number of rotatable bonds is 2. The largest absolute Gasteiger partial charge is 0.382 e. The Morgan fingerprint density at radius 1 is 0.952 bits per heavy atom. The maximum atomic E-state index is 12.1. The number of benzene rings is 2. The smallest absolute Gasteiger partial charge is 0.256 e. The van der Waals surface area contributed by atoms with E-state index in [1.54, 1.807) is 7.05 Å². The van der Waals surface area contributed by atoms with Gasteiger partial charge in [-0.3, -0.25) is 4.79 Å². The number of hydrogen-bond donors (Lipinski definition) is 1. The molecule has 3 rings (SSSR count). The quantitative estimate of drug-likeness (QED) is 0.918. The number of aliphatic hydroxyl groups excluding tert-OH is 1. The van der Waals surface area contributed by atoms with Crippen molar-refractivity contribution in [3.05, 3.63) is 78.0 Å². The summed E-state index contributed by atoms with van der Waals surface area (Å²) in [5.41, 5.74) is 2.92. The average Bonchev–Trinajstić information content (AvgIpc) is 2.54. The molecule has 3 heteroatoms. The summed E-state index contributed by atoms with van der Waals surface area (Å²) in [6, 6.07) is 19.5. The fourth-order valence-electron chi connectivity index (χ4n) is 2.78. The first kappa shape index (κ1) is 13.6. The van der Waals surface area contributed by atoms with Crippen LogP contribution < -0.4 is 0 Å². The van der Waals surface area contributed by atoms with Gasteiger partial charge in [0.2, 0.25) is 0 Å². The van der Waals surface area contributed by atoms with Crippen molar-refractivity contribution in [3.63, 3.8) is 0 Å². The van der Waals surface area contributed by atoms with Gasteiger partial charge in [0.1, 0.15) is 6.10 Å². The summed E-state index contributed by atoms with van der Waals surface area (Å²) in [7, 11) is 1.68. The summed E-state index contributed by atoms with van der Waals surface area (Å²) in [6.07, 6.45) is 0.764. The van der Waals surface area contributed by atoms with E-state index in [2.05, 4.69) is 0 Å². The fourth-order valence-corrected chi connectivity index (χ4v) is 2.78. The van der Waals surface area contributed by atoms with Crippen LogP contribution in [0, 0.1) is 0 Å². The Labute approximate surface area is 124 Å². The number of likely N-dealkylation sites (N-methyl/N-ethyl adjacent to an activating group) is 1. The first-order valence-electron chi connectivity index (χ1n) is 6.95. The van der Waals surface area contributed by atoms with E-state index in [0.717, 1.165) is 16.7 Å². The van der Waals surface area contributed by atoms with E-state index in [4.69, 9.17) is 0 Å². The number of hydrogen-bond acceptors (Lipinski definition) is 2. The van der Waals surface area contributed by atoms with E-state index in [0.29, 0.717) is 0 Å². The second-order valence-corrected chi connectivity index (χ2v) is 5.23. The van der Waals surface area contributed by atoms with Crippen LogP contribution >= 0.6 is 0 Å². The zero-order valence-corrected chi connectivity index (χ0v) is 11.8. The summed E-state index contributed by atoms with van der Waals surface area (Å²) >= 11 is 0. The molecule has 0 aliphatic carbocycles. The van der Waals surface area contributed by atoms with Gasteiger partial charge in [-0.25, -0.2) is 0 Å². The first-order valence-corrected chi connectivity index (χ1v) is 6.95. The van der Waals surface area contributed by atoms with Crippen LogP contribution in [0.2, 0.25) is 0 Å². The summed E-state index contributed by atoms with van der Waals surface area (Å²) in [5.74, 6) is -0.610. The van der Waals surface area contributed by atoms with Crippen molar-refractivity contribution in [3.8, 4) is 0 Å². The number of nitrogens with zero attached hydrogens (tertiary/aromatic N) is 1. The molecule has 0 radical (unpaired) electrons. The molecule has 1 N–H and O–H groups in total. The summed E-state index contributed by atoms with van der Waals surface area (Å²) in [6.45, 7) is 0. The van der Waals surface area contributed by atoms with E-state index >= 15 is 0 Å². The molecule has 2 atom stereocenters. The Morgan fingerprint density at radius 3 is 2.14 bits per heavy atom. The van der Waals surface area contributed by atoms with Crippen LogP contribution in [0.1, 0.15) is 17.0 Å². The molecule has 3 nitrogen and oxygen atoms in total. The lowest BCUT2D eigenvalue weighted by atomic mass is 9.81. The van der Waals surface area contributed by atoms with Gasteiger partial charge in [0.15, 0.2) is 0 Å². The highest BCUT2D eigenvalue weighted by Crippen LogP contribution is 2.38. The van der Waals surface area contributed by atoms with Gasteiger partial charge in [-0.05, 0) is 16.7 Å². The molecule has 1 aliphatic heterocycles. The molecular formula is C18H17NO2. The monoisotopic (exact) mass is 279 g/mol. The van der Waals surface area contributed by atoms with Gasteiger partial charge in [-0.15, -0.1) is 0 Å². The Balaban J connectivity index is 2.13. The third kappa shape index (κ3) is 2.48. The molecule has 2 unspecified atom stereocenters. The average molecular weight is 279 g/mol. The number of carbonyl (C=O) groups excluding carboxylic acids is 1. The molecule has 1 heterocycles. The summed E-state index contributed by atoms with van der Waals surface area (Å²) in [5, 5.41) is 10.5. The molecule has 1 amide bonds. The molecule has 0 saturated heterocycles. The molecule has 21 heavy (non-hydrogen) atoms. The van der Waals surface area contributed by atoms with Gasteiger partial charge < -0.3 is 10.0 Å². The fraction of sp³-hybridized carbons (Fsp3) is 0.167. The second-order valence-electron chi connectivity index (χ2n) is 5.23. The molecule has 0 aromatic heterocycles. The van der Waals surface area contributed by atoms with Gasteiger partial charge >= 0.3 is 0 Å². The third-order valence-electron chi connectivity index (χ3n) is 3.85. The lowest BCUT2D eigenvalue weighted by Gasteiger charge is -2.33. The Bertz CT molecular complexity index is 664. The molecular weight excluding hydrogens is 262 g/mol. The highest BCUT2D eigenvalue weighted by atomic mass is 16.3. The van der Waals surface area contributed by atoms with Crippen molar-refractivity contribution >= 4 is 11.5 Å². The van der Waals surface area contributed by atoms with E-state index in [-0.39, 0.29) is 11.8 Å². The van der Waals surface area contributed by atoms with Gasteiger partial charge in [0, 0.05) is 19.2 Å². The molecule has 2 aromatic carbocycles. The van der Waals surface area contributed by atoms with Crippen LogP contribution in [0.3, 0.4) is 0 Å². The number of aliphatic hydroxyl groups is 1. The van der Waals surface area contributed by atoms with E-state index in [1.807, 2.05) is 66.9 Å². The minimum Gasteiger partial charge on any atom is -0.382 e. The van der Waals surface area contributed by atoms with Gasteiger partial charge in [0.25, 0.3) is 5.91 Å². The minimum atomic E-state index is -1.06. The first-order chi connectivity index (χ1) is 10.2. The van der Waals surface area contributed by atoms with Gasteiger partial charge in [-0.1, -0.05) is 60.7 Å². The highest BCUT2D eigenvalue weighted by Gasteiger charge is 2.36. The zero-order chi connectivity index (χ0) is 14.8. The molecule has 0 spiro atoms. The highest BCUT2D eigenvalue weighted by molar-refractivity contribution is 5.91. The predicted molar refractivity (Wildman–Crippen MR) is 82.4 cm³/mol. The summed E-state index contributed by atoms with van der Waals surface area (Å²) in [4.78, 5) is 13.6. The van der Waals surface area contributed by atoms with Crippen molar-refractivity contribution < 1.29 is 9.90 Å². The second kappa shape index (κ2) is 5.54. The lowest BCUT2D eigenvalue weighted by Crippen LogP contribution is -2.41. The number of carbonyl (C=O) groups is 1. The van der Waals surface area contributed by atoms with Crippen molar-refractivity contribution in [2.75, 3.05) is 7.05 Å². The van der Waals surface area contributed by atoms with E-state index in [1.165, 1.54) is 4.90 Å². The maximum Gasteiger partial charge on any atom is 0.256 e. The Morgan fingerprint density at radius 2 is 1.52 bits per heavy atom. The lowest BCUT2D eigenvalue weighted by molar-refractivity contribution is -0.137. The van der Waals surface area contributed by atoms with E-state index in [9.17, 15) is 9.90 Å². The zero-order valence-electron chi connectivity index (χ0n) is 11.8. The normalized spacial score (nSPS) is 22.1. The van der Waals surface area contributed by atoms with Crippen LogP contribution in [0.5, 0.6) is 0 Å². The van der Waals surface area contributed by atoms with Crippen LogP contribution in [0.4, 0.5) is 0 Å². The standard InChI is InChI=1S/C18H17NO2/c1-19-12-15(13-8-4-2-5-9-13)16(17(20)18(19)21)14-10-6-3-7-11-14/h2-12,16-17,20H,1H3. The van der Waals surface area contributed by atoms with Crippen LogP contribution in [-0.4, -0.2) is 29.1 Å². The van der Waals surface area contributed by atoms with Crippen LogP contribution in [-0.2, 0) is 4.79 Å².